The molecule has 2 amide bonds. The first kappa shape index (κ1) is 26.6. The summed E-state index contributed by atoms with van der Waals surface area (Å²) in [5, 5.41) is 3.86. The third kappa shape index (κ3) is 5.91. The average molecular weight is 516 g/mol. The Bertz CT molecular complexity index is 1510. The molecular formula is C30H33N3O5. The first-order valence-corrected chi connectivity index (χ1v) is 12.4. The number of nitrogens with zero attached hydrogens (tertiary/aromatic N) is 1. The number of para-hydroxylation sites is 2. The van der Waals surface area contributed by atoms with E-state index in [0.717, 1.165) is 27.6 Å². The second-order valence-electron chi connectivity index (χ2n) is 9.14. The van der Waals surface area contributed by atoms with Gasteiger partial charge in [-0.1, -0.05) is 18.2 Å². The van der Waals surface area contributed by atoms with Crippen LogP contribution in [0.4, 0.5) is 10.5 Å². The summed E-state index contributed by atoms with van der Waals surface area (Å²) in [5.74, 6) is 1.80. The van der Waals surface area contributed by atoms with Gasteiger partial charge >= 0.3 is 6.03 Å². The Kier molecular flexibility index (Phi) is 8.21. The number of pyridine rings is 1. The number of hydrogen-bond donors (Lipinski definition) is 2. The minimum absolute atomic E-state index is 0.131. The van der Waals surface area contributed by atoms with Gasteiger partial charge in [-0.25, -0.2) is 4.79 Å². The van der Waals surface area contributed by atoms with Crippen molar-refractivity contribution in [1.82, 2.24) is 9.88 Å². The highest BCUT2D eigenvalue weighted by Crippen LogP contribution is 2.28. The highest BCUT2D eigenvalue weighted by atomic mass is 16.5. The molecule has 0 atom stereocenters. The number of hydrogen-bond acceptors (Lipinski definition) is 5. The number of H-pyrrole nitrogens is 1. The second-order valence-corrected chi connectivity index (χ2v) is 9.14. The smallest absolute Gasteiger partial charge is 0.322 e. The Morgan fingerprint density at radius 3 is 2.32 bits per heavy atom. The van der Waals surface area contributed by atoms with Crippen molar-refractivity contribution in [2.75, 3.05) is 33.2 Å². The van der Waals surface area contributed by atoms with Gasteiger partial charge in [0.2, 0.25) is 0 Å². The quantitative estimate of drug-likeness (QED) is 0.309. The van der Waals surface area contributed by atoms with E-state index in [4.69, 9.17) is 14.2 Å². The maximum atomic E-state index is 13.5. The summed E-state index contributed by atoms with van der Waals surface area (Å²) in [4.78, 5) is 31.1. The summed E-state index contributed by atoms with van der Waals surface area (Å²) < 4.78 is 16.2. The maximum Gasteiger partial charge on any atom is 0.322 e. The molecule has 3 aromatic carbocycles. The van der Waals surface area contributed by atoms with Crippen molar-refractivity contribution in [3.8, 4) is 17.2 Å². The van der Waals surface area contributed by atoms with Crippen molar-refractivity contribution in [3.05, 3.63) is 93.3 Å². The number of carbonyl (C=O) groups excluding carboxylic acids is 1. The number of amides is 2. The lowest BCUT2D eigenvalue weighted by Gasteiger charge is -2.24. The Morgan fingerprint density at radius 1 is 0.868 bits per heavy atom. The van der Waals surface area contributed by atoms with Crippen molar-refractivity contribution < 1.29 is 19.0 Å². The van der Waals surface area contributed by atoms with Crippen LogP contribution in [0, 0.1) is 13.8 Å². The lowest BCUT2D eigenvalue weighted by Crippen LogP contribution is -2.37. The molecule has 1 heterocycles. The van der Waals surface area contributed by atoms with Crippen LogP contribution in [0.25, 0.3) is 10.9 Å². The summed E-state index contributed by atoms with van der Waals surface area (Å²) in [6.45, 7) is 4.54. The van der Waals surface area contributed by atoms with Gasteiger partial charge in [0, 0.05) is 17.6 Å². The molecule has 0 bridgehead atoms. The molecule has 0 saturated carbocycles. The van der Waals surface area contributed by atoms with Crippen LogP contribution < -0.4 is 25.1 Å². The molecular weight excluding hydrogens is 482 g/mol. The van der Waals surface area contributed by atoms with Gasteiger partial charge < -0.3 is 29.4 Å². The number of fused-ring (bicyclic) bond motifs is 1. The molecule has 0 fully saturated rings. The molecule has 0 aliphatic carbocycles. The molecule has 0 aliphatic heterocycles. The van der Waals surface area contributed by atoms with E-state index in [1.54, 1.807) is 38.4 Å². The molecule has 198 valence electrons. The summed E-state index contributed by atoms with van der Waals surface area (Å²) >= 11 is 0. The fraction of sp³-hybridized carbons (Fsp3) is 0.267. The van der Waals surface area contributed by atoms with Crippen LogP contribution in [0.2, 0.25) is 0 Å². The summed E-state index contributed by atoms with van der Waals surface area (Å²) in [7, 11) is 4.73. The number of aryl methyl sites for hydroxylation is 2. The predicted octanol–water partition coefficient (Wildman–Crippen LogP) is 5.45. The van der Waals surface area contributed by atoms with Crippen LogP contribution in [0.3, 0.4) is 0 Å². The number of urea groups is 1. The molecule has 8 nitrogen and oxygen atoms in total. The molecule has 0 spiro atoms. The fourth-order valence-electron chi connectivity index (χ4n) is 4.34. The highest BCUT2D eigenvalue weighted by molar-refractivity contribution is 5.91. The molecule has 4 rings (SSSR count). The van der Waals surface area contributed by atoms with Crippen molar-refractivity contribution in [1.29, 1.82) is 0 Å². The fourth-order valence-corrected chi connectivity index (χ4v) is 4.34. The van der Waals surface area contributed by atoms with Crippen LogP contribution in [0.15, 0.2) is 65.5 Å². The van der Waals surface area contributed by atoms with Crippen LogP contribution in [0.5, 0.6) is 17.2 Å². The first-order chi connectivity index (χ1) is 18.3. The van der Waals surface area contributed by atoms with E-state index in [-0.39, 0.29) is 18.1 Å². The van der Waals surface area contributed by atoms with Gasteiger partial charge in [-0.2, -0.15) is 0 Å². The Morgan fingerprint density at radius 2 is 1.58 bits per heavy atom. The van der Waals surface area contributed by atoms with E-state index in [1.165, 1.54) is 0 Å². The molecule has 0 radical (unpaired) electrons. The monoisotopic (exact) mass is 515 g/mol. The van der Waals surface area contributed by atoms with E-state index in [2.05, 4.69) is 10.3 Å². The lowest BCUT2D eigenvalue weighted by molar-refractivity contribution is 0.209. The number of aromatic amines is 1. The second kappa shape index (κ2) is 11.7. The van der Waals surface area contributed by atoms with Crippen molar-refractivity contribution >= 4 is 22.6 Å². The van der Waals surface area contributed by atoms with Crippen LogP contribution >= 0.6 is 0 Å². The molecule has 0 saturated heterocycles. The zero-order chi connectivity index (χ0) is 27.2. The van der Waals surface area contributed by atoms with Gasteiger partial charge in [-0.05, 0) is 84.8 Å². The number of anilines is 1. The van der Waals surface area contributed by atoms with Gasteiger partial charge in [-0.3, -0.25) is 4.79 Å². The number of aromatic nitrogens is 1. The third-order valence-electron chi connectivity index (χ3n) is 6.65. The van der Waals surface area contributed by atoms with Crippen molar-refractivity contribution in [3.63, 3.8) is 0 Å². The van der Waals surface area contributed by atoms with Crippen molar-refractivity contribution in [2.24, 2.45) is 0 Å². The number of ether oxygens (including phenoxy) is 3. The zero-order valence-corrected chi connectivity index (χ0v) is 22.4. The topological polar surface area (TPSA) is 92.9 Å². The number of carbonyl (C=O) groups is 1. The Hall–Kier alpha value is -4.46. The number of nitrogens with one attached hydrogen (secondary N) is 2. The van der Waals surface area contributed by atoms with Gasteiger partial charge in [0.1, 0.15) is 5.75 Å². The van der Waals surface area contributed by atoms with Gasteiger partial charge in [0.25, 0.3) is 5.56 Å². The molecule has 8 heteroatoms. The van der Waals surface area contributed by atoms with Gasteiger partial charge in [-0.15, -0.1) is 0 Å². The van der Waals surface area contributed by atoms with Crippen LogP contribution in [-0.2, 0) is 13.0 Å². The largest absolute Gasteiger partial charge is 0.495 e. The standard InChI is InChI=1S/C30H33N3O5/c1-19-14-22-17-23(29(34)31-25(22)15-20(19)2)18-33(30(35)32-24-8-6-7-9-26(24)36-3)13-12-21-10-11-27(37-4)28(16-21)38-5/h6-11,14-17H,12-13,18H2,1-5H3,(H,31,34)(H,32,35). The maximum absolute atomic E-state index is 13.5. The lowest BCUT2D eigenvalue weighted by atomic mass is 10.0. The van der Waals surface area contributed by atoms with Gasteiger partial charge in [0.05, 0.1) is 33.6 Å². The number of benzene rings is 3. The summed E-state index contributed by atoms with van der Waals surface area (Å²) in [6.07, 6.45) is 0.545. The molecule has 0 unspecified atom stereocenters. The summed E-state index contributed by atoms with van der Waals surface area (Å²) in [5.41, 5.74) is 4.82. The molecule has 38 heavy (non-hydrogen) atoms. The number of methoxy groups -OCH3 is 3. The van der Waals surface area contributed by atoms with E-state index in [1.807, 2.05) is 62.4 Å². The average Bonchev–Trinajstić information content (AvgIpc) is 2.92. The molecule has 4 aromatic rings. The minimum Gasteiger partial charge on any atom is -0.495 e. The first-order valence-electron chi connectivity index (χ1n) is 12.4. The highest BCUT2D eigenvalue weighted by Gasteiger charge is 2.19. The van der Waals surface area contributed by atoms with E-state index in [9.17, 15) is 9.59 Å². The van der Waals surface area contributed by atoms with Gasteiger partial charge in [0.15, 0.2) is 11.5 Å². The molecule has 2 N–H and O–H groups in total. The van der Waals surface area contributed by atoms with E-state index >= 15 is 0 Å². The zero-order valence-electron chi connectivity index (χ0n) is 22.4. The van der Waals surface area contributed by atoms with Crippen LogP contribution in [0.1, 0.15) is 22.3 Å². The van der Waals surface area contributed by atoms with E-state index < -0.39 is 0 Å². The predicted molar refractivity (Wildman–Crippen MR) is 150 cm³/mol. The normalized spacial score (nSPS) is 10.8. The Balaban J connectivity index is 1.64. The third-order valence-corrected chi connectivity index (χ3v) is 6.65. The van der Waals surface area contributed by atoms with E-state index in [0.29, 0.717) is 41.5 Å². The SMILES string of the molecule is COc1ccccc1NC(=O)N(CCc1ccc(OC)c(OC)c1)Cc1cc2cc(C)c(C)cc2[nH]c1=O. The minimum atomic E-state index is -0.338. The summed E-state index contributed by atoms with van der Waals surface area (Å²) in [6, 6.07) is 18.4. The van der Waals surface area contributed by atoms with Crippen LogP contribution in [-0.4, -0.2) is 43.8 Å². The molecule has 1 aromatic heterocycles. The Labute approximate surface area is 222 Å². The molecule has 0 aliphatic rings. The van der Waals surface area contributed by atoms with Crippen molar-refractivity contribution in [2.45, 2.75) is 26.8 Å². The number of rotatable bonds is 9.